The van der Waals surface area contributed by atoms with Gasteiger partial charge in [-0.05, 0) is 19.9 Å². The summed E-state index contributed by atoms with van der Waals surface area (Å²) in [6.07, 6.45) is 0. The standard InChI is InChI=1S/C18H20N4O5S/c1-4-27-17(26)15-10(2)19-18(28-15)20-16(25)14(11(3)24)22-21-13-8-6-5-7-12(13)9-23/h5-8,21,23H,4,9H2,1-3H3,(H,19,20,25)/b22-14+. The van der Waals surface area contributed by atoms with Crippen LogP contribution in [0, 0.1) is 6.92 Å². The lowest BCUT2D eigenvalue weighted by molar-refractivity contribution is -0.114. The number of hydrazone groups is 1. The molecule has 1 aromatic heterocycles. The van der Waals surface area contributed by atoms with Crippen LogP contribution in [0.25, 0.3) is 0 Å². The van der Waals surface area contributed by atoms with Crippen molar-refractivity contribution in [2.24, 2.45) is 5.10 Å². The Bertz CT molecular complexity index is 922. The number of hydrogen-bond acceptors (Lipinski definition) is 9. The minimum Gasteiger partial charge on any atom is -0.462 e. The number of amides is 1. The molecule has 0 radical (unpaired) electrons. The molecule has 0 saturated carbocycles. The van der Waals surface area contributed by atoms with Gasteiger partial charge in [0.25, 0.3) is 5.91 Å². The van der Waals surface area contributed by atoms with E-state index in [9.17, 15) is 19.5 Å². The van der Waals surface area contributed by atoms with E-state index >= 15 is 0 Å². The van der Waals surface area contributed by atoms with Gasteiger partial charge < -0.3 is 9.84 Å². The van der Waals surface area contributed by atoms with Gasteiger partial charge in [0.15, 0.2) is 16.6 Å². The van der Waals surface area contributed by atoms with E-state index in [0.29, 0.717) is 16.9 Å². The summed E-state index contributed by atoms with van der Waals surface area (Å²) in [5, 5.41) is 15.8. The molecule has 2 aromatic rings. The zero-order valence-electron chi connectivity index (χ0n) is 15.6. The predicted molar refractivity (Wildman–Crippen MR) is 106 cm³/mol. The number of ether oxygens (including phenoxy) is 1. The largest absolute Gasteiger partial charge is 0.462 e. The van der Waals surface area contributed by atoms with Gasteiger partial charge in [0, 0.05) is 12.5 Å². The zero-order valence-corrected chi connectivity index (χ0v) is 16.4. The van der Waals surface area contributed by atoms with Crippen LogP contribution in [0.2, 0.25) is 0 Å². The first-order valence-corrected chi connectivity index (χ1v) is 9.18. The van der Waals surface area contributed by atoms with Crippen LogP contribution in [0.4, 0.5) is 10.8 Å². The third-order valence-corrected chi connectivity index (χ3v) is 4.56. The van der Waals surface area contributed by atoms with Gasteiger partial charge in [0.05, 0.1) is 24.6 Å². The summed E-state index contributed by atoms with van der Waals surface area (Å²) in [7, 11) is 0. The number of aryl methyl sites for hydroxylation is 1. The molecule has 9 nitrogen and oxygen atoms in total. The van der Waals surface area contributed by atoms with Crippen LogP contribution in [0.1, 0.15) is 34.8 Å². The highest BCUT2D eigenvalue weighted by Gasteiger charge is 2.21. The SMILES string of the molecule is CCOC(=O)c1sc(NC(=O)/C(=N/Nc2ccccc2CO)C(C)=O)nc1C. The third-order valence-electron chi connectivity index (χ3n) is 3.50. The molecule has 0 unspecified atom stereocenters. The Hall–Kier alpha value is -3.11. The van der Waals surface area contributed by atoms with Gasteiger partial charge >= 0.3 is 5.97 Å². The number of esters is 1. The maximum Gasteiger partial charge on any atom is 0.350 e. The molecule has 0 aliphatic carbocycles. The second-order valence-electron chi connectivity index (χ2n) is 5.55. The van der Waals surface area contributed by atoms with Crippen LogP contribution in [0.5, 0.6) is 0 Å². The summed E-state index contributed by atoms with van der Waals surface area (Å²) in [4.78, 5) is 40.5. The van der Waals surface area contributed by atoms with Gasteiger partial charge in [-0.25, -0.2) is 9.78 Å². The molecule has 28 heavy (non-hydrogen) atoms. The first kappa shape index (κ1) is 21.2. The minimum absolute atomic E-state index is 0.148. The van der Waals surface area contributed by atoms with E-state index in [1.54, 1.807) is 38.1 Å². The van der Waals surface area contributed by atoms with Gasteiger partial charge in [0.1, 0.15) is 4.88 Å². The zero-order chi connectivity index (χ0) is 20.7. The topological polar surface area (TPSA) is 130 Å². The second-order valence-corrected chi connectivity index (χ2v) is 6.55. The van der Waals surface area contributed by atoms with Gasteiger partial charge in [-0.15, -0.1) is 0 Å². The molecule has 0 atom stereocenters. The first-order valence-electron chi connectivity index (χ1n) is 8.36. The van der Waals surface area contributed by atoms with Crippen LogP contribution in [0.15, 0.2) is 29.4 Å². The number of nitrogens with zero attached hydrogens (tertiary/aromatic N) is 2. The van der Waals surface area contributed by atoms with E-state index in [0.717, 1.165) is 11.3 Å². The number of carbonyl (C=O) groups is 3. The van der Waals surface area contributed by atoms with Crippen LogP contribution in [0.3, 0.4) is 0 Å². The maximum atomic E-state index is 12.4. The van der Waals surface area contributed by atoms with Crippen molar-refractivity contribution in [3.63, 3.8) is 0 Å². The van der Waals surface area contributed by atoms with Crippen molar-refractivity contribution in [1.82, 2.24) is 4.98 Å². The average Bonchev–Trinajstić information content (AvgIpc) is 3.02. The van der Waals surface area contributed by atoms with Crippen molar-refractivity contribution in [3.05, 3.63) is 40.4 Å². The number of carbonyl (C=O) groups excluding carboxylic acids is 3. The van der Waals surface area contributed by atoms with E-state index in [2.05, 4.69) is 20.8 Å². The average molecular weight is 404 g/mol. The molecule has 0 fully saturated rings. The lowest BCUT2D eigenvalue weighted by atomic mass is 10.2. The number of thiazole rings is 1. The number of aliphatic hydroxyl groups excluding tert-OH is 1. The maximum absolute atomic E-state index is 12.4. The Kier molecular flexibility index (Phi) is 7.36. The number of anilines is 2. The molecule has 0 spiro atoms. The molecule has 0 saturated heterocycles. The van der Waals surface area contributed by atoms with Crippen molar-refractivity contribution in [2.45, 2.75) is 27.4 Å². The molecule has 1 amide bonds. The number of hydrogen-bond donors (Lipinski definition) is 3. The van der Waals surface area contributed by atoms with Crippen LogP contribution < -0.4 is 10.7 Å². The number of aliphatic hydroxyl groups is 1. The van der Waals surface area contributed by atoms with E-state index < -0.39 is 17.7 Å². The Balaban J connectivity index is 2.18. The lowest BCUT2D eigenvalue weighted by Gasteiger charge is -2.08. The van der Waals surface area contributed by atoms with Gasteiger partial charge in [-0.2, -0.15) is 5.10 Å². The number of nitrogens with one attached hydrogen (secondary N) is 2. The Labute approximate surface area is 165 Å². The molecule has 2 rings (SSSR count). The predicted octanol–water partition coefficient (Wildman–Crippen LogP) is 2.12. The molecule has 3 N–H and O–H groups in total. The van der Waals surface area contributed by atoms with E-state index in [1.165, 1.54) is 6.92 Å². The number of rotatable bonds is 8. The van der Waals surface area contributed by atoms with Gasteiger partial charge in [-0.3, -0.25) is 20.3 Å². The van der Waals surface area contributed by atoms with E-state index in [1.807, 2.05) is 0 Å². The molecule has 148 valence electrons. The van der Waals surface area contributed by atoms with Crippen molar-refractivity contribution < 1.29 is 24.2 Å². The smallest absolute Gasteiger partial charge is 0.350 e. The summed E-state index contributed by atoms with van der Waals surface area (Å²) in [5.41, 5.74) is 3.68. The lowest BCUT2D eigenvalue weighted by Crippen LogP contribution is -2.29. The summed E-state index contributed by atoms with van der Waals surface area (Å²) < 4.78 is 4.93. The molecule has 1 aromatic carbocycles. The number of para-hydroxylation sites is 1. The molecule has 10 heteroatoms. The molecule has 0 aliphatic heterocycles. The van der Waals surface area contributed by atoms with E-state index in [-0.39, 0.29) is 28.9 Å². The van der Waals surface area contributed by atoms with E-state index in [4.69, 9.17) is 4.74 Å². The molecular weight excluding hydrogens is 384 g/mol. The third kappa shape index (κ3) is 5.21. The fourth-order valence-corrected chi connectivity index (χ4v) is 3.02. The Morgan fingerprint density at radius 2 is 2.00 bits per heavy atom. The van der Waals surface area contributed by atoms with Crippen LogP contribution in [-0.2, 0) is 20.9 Å². The van der Waals surface area contributed by atoms with Crippen molar-refractivity contribution in [1.29, 1.82) is 0 Å². The molecule has 0 aliphatic rings. The summed E-state index contributed by atoms with van der Waals surface area (Å²) in [6.45, 7) is 4.50. The number of ketones is 1. The van der Waals surface area contributed by atoms with Crippen molar-refractivity contribution in [2.75, 3.05) is 17.3 Å². The van der Waals surface area contributed by atoms with Gasteiger partial charge in [0.2, 0.25) is 0 Å². The van der Waals surface area contributed by atoms with Gasteiger partial charge in [-0.1, -0.05) is 29.5 Å². The normalized spacial score (nSPS) is 11.1. The number of aromatic nitrogens is 1. The monoisotopic (exact) mass is 404 g/mol. The van der Waals surface area contributed by atoms with Crippen LogP contribution in [-0.4, -0.2) is 40.1 Å². The van der Waals surface area contributed by atoms with Crippen molar-refractivity contribution in [3.8, 4) is 0 Å². The molecule has 0 bridgehead atoms. The number of Topliss-reactive ketones (excluding diaryl/α,β-unsaturated/α-hetero) is 1. The summed E-state index contributed by atoms with van der Waals surface area (Å²) in [6, 6.07) is 6.80. The van der Waals surface area contributed by atoms with Crippen molar-refractivity contribution >= 4 is 45.5 Å². The minimum atomic E-state index is -0.773. The molecule has 1 heterocycles. The Morgan fingerprint density at radius 1 is 1.29 bits per heavy atom. The van der Waals surface area contributed by atoms with Crippen LogP contribution >= 0.6 is 11.3 Å². The fraction of sp³-hybridized carbons (Fsp3) is 0.278. The highest BCUT2D eigenvalue weighted by Crippen LogP contribution is 2.23. The summed E-state index contributed by atoms with van der Waals surface area (Å²) in [5.74, 6) is -1.86. The quantitative estimate of drug-likeness (QED) is 0.266. The number of benzene rings is 1. The second kappa shape index (κ2) is 9.72. The Morgan fingerprint density at radius 3 is 2.64 bits per heavy atom. The highest BCUT2D eigenvalue weighted by molar-refractivity contribution is 7.17. The summed E-state index contributed by atoms with van der Waals surface area (Å²) >= 11 is 0.948. The highest BCUT2D eigenvalue weighted by atomic mass is 32.1. The first-order chi connectivity index (χ1) is 13.4. The molecular formula is C18H20N4O5S. The fourth-order valence-electron chi connectivity index (χ4n) is 2.17.